The van der Waals surface area contributed by atoms with Gasteiger partial charge in [0.2, 0.25) is 0 Å². The van der Waals surface area contributed by atoms with Crippen LogP contribution in [0.3, 0.4) is 0 Å². The Labute approximate surface area is 147 Å². The lowest BCUT2D eigenvalue weighted by molar-refractivity contribution is -0.119. The Morgan fingerprint density at radius 2 is 1.92 bits per heavy atom. The fourth-order valence-corrected chi connectivity index (χ4v) is 2.93. The van der Waals surface area contributed by atoms with Crippen molar-refractivity contribution in [1.82, 2.24) is 0 Å². The van der Waals surface area contributed by atoms with Gasteiger partial charge in [-0.15, -0.1) is 0 Å². The highest BCUT2D eigenvalue weighted by Crippen LogP contribution is 2.29. The predicted octanol–water partition coefficient (Wildman–Crippen LogP) is 5.82. The second kappa shape index (κ2) is 7.54. The SMILES string of the molecule is C[C@H]1CCC/C(=C/Nc2ccc(Oc3ccccc3Cl)cc2)C1=O. The number of carbonyl (C=O) groups is 1. The molecule has 4 heteroatoms. The molecule has 1 N–H and O–H groups in total. The summed E-state index contributed by atoms with van der Waals surface area (Å²) in [6, 6.07) is 14.9. The van der Waals surface area contributed by atoms with E-state index in [1.54, 1.807) is 6.07 Å². The van der Waals surface area contributed by atoms with E-state index in [1.165, 1.54) is 0 Å². The summed E-state index contributed by atoms with van der Waals surface area (Å²) in [7, 11) is 0. The summed E-state index contributed by atoms with van der Waals surface area (Å²) in [6.07, 6.45) is 4.75. The van der Waals surface area contributed by atoms with E-state index < -0.39 is 0 Å². The van der Waals surface area contributed by atoms with Gasteiger partial charge in [0.25, 0.3) is 0 Å². The lowest BCUT2D eigenvalue weighted by atomic mass is 9.86. The van der Waals surface area contributed by atoms with Gasteiger partial charge in [0.1, 0.15) is 11.5 Å². The molecule has 124 valence electrons. The first kappa shape index (κ1) is 16.6. The van der Waals surface area contributed by atoms with Crippen LogP contribution in [0.5, 0.6) is 11.5 Å². The molecule has 0 radical (unpaired) electrons. The van der Waals surface area contributed by atoms with Crippen molar-refractivity contribution in [2.75, 3.05) is 5.32 Å². The molecule has 1 fully saturated rings. The van der Waals surface area contributed by atoms with E-state index in [4.69, 9.17) is 16.3 Å². The number of para-hydroxylation sites is 1. The Morgan fingerprint density at radius 3 is 2.67 bits per heavy atom. The summed E-state index contributed by atoms with van der Waals surface area (Å²) < 4.78 is 5.76. The molecule has 1 atom stereocenters. The minimum absolute atomic E-state index is 0.137. The number of anilines is 1. The zero-order valence-corrected chi connectivity index (χ0v) is 14.3. The van der Waals surface area contributed by atoms with Gasteiger partial charge in [-0.1, -0.05) is 30.7 Å². The van der Waals surface area contributed by atoms with Crippen molar-refractivity contribution in [3.63, 3.8) is 0 Å². The number of carbonyl (C=O) groups excluding carboxylic acids is 1. The molecular weight excluding hydrogens is 322 g/mol. The molecular formula is C20H20ClNO2. The first-order valence-electron chi connectivity index (χ1n) is 8.16. The number of halogens is 1. The molecule has 0 bridgehead atoms. The monoisotopic (exact) mass is 341 g/mol. The molecule has 0 aromatic heterocycles. The summed E-state index contributed by atoms with van der Waals surface area (Å²) >= 11 is 6.09. The number of allylic oxidation sites excluding steroid dienone is 1. The second-order valence-corrected chi connectivity index (χ2v) is 6.44. The van der Waals surface area contributed by atoms with Crippen LogP contribution in [0.2, 0.25) is 5.02 Å². The van der Waals surface area contributed by atoms with E-state index in [9.17, 15) is 4.79 Å². The predicted molar refractivity (Wildman–Crippen MR) is 97.7 cm³/mol. The van der Waals surface area contributed by atoms with Crippen LogP contribution in [0.25, 0.3) is 0 Å². The molecule has 0 heterocycles. The minimum atomic E-state index is 0.137. The minimum Gasteiger partial charge on any atom is -0.456 e. The van der Waals surface area contributed by atoms with Crippen molar-refractivity contribution in [3.8, 4) is 11.5 Å². The lowest BCUT2D eigenvalue weighted by Gasteiger charge is -2.19. The Bertz CT molecular complexity index is 752. The van der Waals surface area contributed by atoms with Crippen LogP contribution < -0.4 is 10.1 Å². The van der Waals surface area contributed by atoms with Crippen LogP contribution >= 0.6 is 11.6 Å². The zero-order chi connectivity index (χ0) is 16.9. The number of ether oxygens (including phenoxy) is 1. The molecule has 1 aliphatic rings. The molecule has 2 aromatic carbocycles. The van der Waals surface area contributed by atoms with Crippen molar-refractivity contribution in [2.45, 2.75) is 26.2 Å². The summed E-state index contributed by atoms with van der Waals surface area (Å²) in [5.74, 6) is 1.73. The standard InChI is InChI=1S/C20H20ClNO2/c1-14-5-4-6-15(20(14)23)13-22-16-9-11-17(12-10-16)24-19-8-3-2-7-18(19)21/h2-3,7-14,22H,4-6H2,1H3/b15-13-/t14-/m0/s1. The van der Waals surface area contributed by atoms with Crippen LogP contribution in [-0.2, 0) is 4.79 Å². The summed E-state index contributed by atoms with van der Waals surface area (Å²) in [4.78, 5) is 12.1. The molecule has 0 unspecified atom stereocenters. The Balaban J connectivity index is 1.65. The maximum Gasteiger partial charge on any atom is 0.163 e. The van der Waals surface area contributed by atoms with Crippen molar-refractivity contribution < 1.29 is 9.53 Å². The van der Waals surface area contributed by atoms with Gasteiger partial charge < -0.3 is 10.1 Å². The molecule has 3 rings (SSSR count). The van der Waals surface area contributed by atoms with Crippen molar-refractivity contribution in [1.29, 1.82) is 0 Å². The Kier molecular flexibility index (Phi) is 5.21. The maximum absolute atomic E-state index is 12.1. The summed E-state index contributed by atoms with van der Waals surface area (Å²) in [6.45, 7) is 2.00. The average molecular weight is 342 g/mol. The van der Waals surface area contributed by atoms with Crippen LogP contribution in [-0.4, -0.2) is 5.78 Å². The largest absolute Gasteiger partial charge is 0.456 e. The quantitative estimate of drug-likeness (QED) is 0.712. The van der Waals surface area contributed by atoms with E-state index >= 15 is 0 Å². The first-order chi connectivity index (χ1) is 11.6. The van der Waals surface area contributed by atoms with E-state index in [0.717, 1.165) is 30.5 Å². The summed E-state index contributed by atoms with van der Waals surface area (Å²) in [5, 5.41) is 3.78. The molecule has 2 aromatic rings. The molecule has 0 aliphatic heterocycles. The van der Waals surface area contributed by atoms with E-state index in [2.05, 4.69) is 5.32 Å². The van der Waals surface area contributed by atoms with E-state index in [1.807, 2.05) is 55.6 Å². The third kappa shape index (κ3) is 3.98. The molecule has 0 amide bonds. The fraction of sp³-hybridized carbons (Fsp3) is 0.250. The molecule has 1 aliphatic carbocycles. The van der Waals surface area contributed by atoms with Crippen LogP contribution in [0.1, 0.15) is 26.2 Å². The third-order valence-electron chi connectivity index (χ3n) is 4.18. The molecule has 0 saturated heterocycles. The third-order valence-corrected chi connectivity index (χ3v) is 4.49. The van der Waals surface area contributed by atoms with Crippen LogP contribution in [0, 0.1) is 5.92 Å². The topological polar surface area (TPSA) is 38.3 Å². The highest BCUT2D eigenvalue weighted by Gasteiger charge is 2.22. The Hall–Kier alpha value is -2.26. The van der Waals surface area contributed by atoms with Gasteiger partial charge >= 0.3 is 0 Å². The molecule has 0 spiro atoms. The van der Waals surface area contributed by atoms with Gasteiger partial charge in [-0.25, -0.2) is 0 Å². The number of nitrogens with one attached hydrogen (secondary N) is 1. The first-order valence-corrected chi connectivity index (χ1v) is 8.53. The second-order valence-electron chi connectivity index (χ2n) is 6.03. The maximum atomic E-state index is 12.1. The van der Waals surface area contributed by atoms with E-state index in [0.29, 0.717) is 16.5 Å². The average Bonchev–Trinajstić information content (AvgIpc) is 2.59. The molecule has 1 saturated carbocycles. The Morgan fingerprint density at radius 1 is 1.17 bits per heavy atom. The smallest absolute Gasteiger partial charge is 0.163 e. The highest BCUT2D eigenvalue weighted by molar-refractivity contribution is 6.32. The van der Waals surface area contributed by atoms with Crippen LogP contribution in [0.4, 0.5) is 5.69 Å². The lowest BCUT2D eigenvalue weighted by Crippen LogP contribution is -2.19. The number of hydrogen-bond donors (Lipinski definition) is 1. The van der Waals surface area contributed by atoms with Gasteiger partial charge in [0, 0.05) is 23.4 Å². The van der Waals surface area contributed by atoms with E-state index in [-0.39, 0.29) is 11.7 Å². The van der Waals surface area contributed by atoms with Gasteiger partial charge in [-0.3, -0.25) is 4.79 Å². The highest BCUT2D eigenvalue weighted by atomic mass is 35.5. The van der Waals surface area contributed by atoms with Crippen molar-refractivity contribution >= 4 is 23.1 Å². The fourth-order valence-electron chi connectivity index (χ4n) is 2.76. The zero-order valence-electron chi connectivity index (χ0n) is 13.6. The van der Waals surface area contributed by atoms with Gasteiger partial charge in [0.05, 0.1) is 5.02 Å². The molecule has 24 heavy (non-hydrogen) atoms. The van der Waals surface area contributed by atoms with Crippen LogP contribution in [0.15, 0.2) is 60.3 Å². The normalized spacial score (nSPS) is 19.3. The number of benzene rings is 2. The number of Topliss-reactive ketones (excluding diaryl/α,β-unsaturated/α-hetero) is 1. The van der Waals surface area contributed by atoms with Gasteiger partial charge in [0.15, 0.2) is 5.78 Å². The van der Waals surface area contributed by atoms with Gasteiger partial charge in [-0.2, -0.15) is 0 Å². The number of ketones is 1. The van der Waals surface area contributed by atoms with Gasteiger partial charge in [-0.05, 0) is 55.7 Å². The van der Waals surface area contributed by atoms with Crippen molar-refractivity contribution in [3.05, 3.63) is 65.3 Å². The van der Waals surface area contributed by atoms with Crippen molar-refractivity contribution in [2.24, 2.45) is 5.92 Å². The molecule has 3 nitrogen and oxygen atoms in total. The summed E-state index contributed by atoms with van der Waals surface area (Å²) in [5.41, 5.74) is 1.80. The number of rotatable bonds is 4. The number of hydrogen-bond acceptors (Lipinski definition) is 3.